The molecule has 6 heteroatoms. The van der Waals surface area contributed by atoms with Crippen molar-refractivity contribution in [3.63, 3.8) is 0 Å². The molecule has 184 valence electrons. The van der Waals surface area contributed by atoms with Crippen molar-refractivity contribution in [3.8, 4) is 0 Å². The lowest BCUT2D eigenvalue weighted by atomic mass is 10.1. The van der Waals surface area contributed by atoms with Gasteiger partial charge in [0.05, 0.1) is 21.1 Å². The smallest absolute Gasteiger partial charge is 0.306 e. The van der Waals surface area contributed by atoms with Crippen LogP contribution in [0.4, 0.5) is 0 Å². The van der Waals surface area contributed by atoms with Gasteiger partial charge in [-0.2, -0.15) is 0 Å². The van der Waals surface area contributed by atoms with Gasteiger partial charge >= 0.3 is 5.97 Å². The highest BCUT2D eigenvalue weighted by Gasteiger charge is 2.22. The SMILES string of the molecule is CCCc1cc(C)c(CCCCCCCCCCC(=O)OC(CC(=O)[O-])C[N+](C)(C)C)o1. The standard InChI is InChI=1S/C26H45NO5/c1-6-15-22-18-21(2)24(31-22)16-13-11-9-7-8-10-12-14-17-26(30)32-23(19-25(28)29)20-27(3,4)5/h18,23H,6-17,19-20H2,1-5H3. The maximum atomic E-state index is 12.1. The Morgan fingerprint density at radius 2 is 1.59 bits per heavy atom. The van der Waals surface area contributed by atoms with E-state index in [1.165, 1.54) is 37.7 Å². The Morgan fingerprint density at radius 3 is 2.16 bits per heavy atom. The molecule has 1 aromatic rings. The summed E-state index contributed by atoms with van der Waals surface area (Å²) in [6, 6.07) is 2.18. The predicted octanol–water partition coefficient (Wildman–Crippen LogP) is 4.35. The first-order valence-corrected chi connectivity index (χ1v) is 12.4. The molecular formula is C26H45NO5. The van der Waals surface area contributed by atoms with Crippen LogP contribution in [-0.2, 0) is 27.2 Å². The second-order valence-electron chi connectivity index (χ2n) is 10.1. The Balaban J connectivity index is 2.07. The Hall–Kier alpha value is -1.82. The zero-order chi connectivity index (χ0) is 24.0. The number of carbonyl (C=O) groups is 2. The molecule has 1 aromatic heterocycles. The normalized spacial score (nSPS) is 12.7. The van der Waals surface area contributed by atoms with E-state index in [1.807, 2.05) is 21.1 Å². The van der Waals surface area contributed by atoms with Crippen molar-refractivity contribution in [2.24, 2.45) is 0 Å². The number of hydrogen-bond donors (Lipinski definition) is 0. The van der Waals surface area contributed by atoms with Crippen molar-refractivity contribution >= 4 is 11.9 Å². The lowest BCUT2D eigenvalue weighted by Gasteiger charge is -2.29. The summed E-state index contributed by atoms with van der Waals surface area (Å²) in [4.78, 5) is 23.0. The van der Waals surface area contributed by atoms with Gasteiger partial charge in [-0.3, -0.25) is 4.79 Å². The van der Waals surface area contributed by atoms with Crippen LogP contribution in [0.2, 0.25) is 0 Å². The van der Waals surface area contributed by atoms with Gasteiger partial charge in [0.25, 0.3) is 0 Å². The van der Waals surface area contributed by atoms with E-state index in [-0.39, 0.29) is 12.4 Å². The van der Waals surface area contributed by atoms with Crippen LogP contribution in [0.3, 0.4) is 0 Å². The molecule has 0 radical (unpaired) electrons. The van der Waals surface area contributed by atoms with E-state index in [1.54, 1.807) is 0 Å². The van der Waals surface area contributed by atoms with Gasteiger partial charge in [0.1, 0.15) is 18.1 Å². The monoisotopic (exact) mass is 451 g/mol. The average molecular weight is 452 g/mol. The maximum absolute atomic E-state index is 12.1. The van der Waals surface area contributed by atoms with E-state index in [0.29, 0.717) is 17.4 Å². The number of nitrogens with zero attached hydrogens (tertiary/aromatic N) is 1. The molecule has 0 N–H and O–H groups in total. The zero-order valence-corrected chi connectivity index (χ0v) is 21.0. The van der Waals surface area contributed by atoms with Gasteiger partial charge in [-0.1, -0.05) is 45.4 Å². The number of carbonyl (C=O) groups excluding carboxylic acids is 2. The molecule has 32 heavy (non-hydrogen) atoms. The van der Waals surface area contributed by atoms with Crippen LogP contribution in [0.15, 0.2) is 10.5 Å². The van der Waals surface area contributed by atoms with E-state index in [0.717, 1.165) is 50.0 Å². The molecule has 0 fully saturated rings. The minimum absolute atomic E-state index is 0.249. The Labute approximate surface area is 194 Å². The van der Waals surface area contributed by atoms with Gasteiger partial charge in [0, 0.05) is 31.7 Å². The lowest BCUT2D eigenvalue weighted by molar-refractivity contribution is -0.873. The fourth-order valence-electron chi connectivity index (χ4n) is 4.01. The first kappa shape index (κ1) is 28.2. The molecule has 0 spiro atoms. The van der Waals surface area contributed by atoms with E-state index < -0.39 is 12.1 Å². The van der Waals surface area contributed by atoms with Crippen molar-refractivity contribution in [3.05, 3.63) is 23.2 Å². The highest BCUT2D eigenvalue weighted by molar-refractivity contribution is 5.70. The van der Waals surface area contributed by atoms with Gasteiger partial charge in [-0.15, -0.1) is 0 Å². The van der Waals surface area contributed by atoms with Crippen LogP contribution in [0.5, 0.6) is 0 Å². The number of likely N-dealkylation sites (N-methyl/N-ethyl adjacent to an activating group) is 1. The Kier molecular flexibility index (Phi) is 13.3. The molecule has 0 amide bonds. The van der Waals surface area contributed by atoms with Crippen molar-refractivity contribution in [1.29, 1.82) is 0 Å². The number of aliphatic carboxylic acids is 1. The molecule has 0 aliphatic heterocycles. The zero-order valence-electron chi connectivity index (χ0n) is 21.0. The minimum Gasteiger partial charge on any atom is -0.550 e. The third kappa shape index (κ3) is 13.6. The van der Waals surface area contributed by atoms with Gasteiger partial charge < -0.3 is 23.5 Å². The summed E-state index contributed by atoms with van der Waals surface area (Å²) in [5, 5.41) is 10.9. The molecule has 0 saturated carbocycles. The first-order chi connectivity index (χ1) is 15.1. The van der Waals surface area contributed by atoms with Crippen LogP contribution in [-0.4, -0.2) is 50.2 Å². The van der Waals surface area contributed by atoms with Gasteiger partial charge in [0.2, 0.25) is 0 Å². The van der Waals surface area contributed by atoms with Gasteiger partial charge in [0.15, 0.2) is 6.10 Å². The van der Waals surface area contributed by atoms with Crippen LogP contribution >= 0.6 is 0 Å². The number of rotatable bonds is 18. The highest BCUT2D eigenvalue weighted by atomic mass is 16.5. The summed E-state index contributed by atoms with van der Waals surface area (Å²) >= 11 is 0. The number of carboxylic acids is 1. The second-order valence-corrected chi connectivity index (χ2v) is 10.1. The van der Waals surface area contributed by atoms with Crippen molar-refractivity contribution < 1.29 is 28.3 Å². The molecule has 0 saturated heterocycles. The Morgan fingerprint density at radius 1 is 1.00 bits per heavy atom. The summed E-state index contributed by atoms with van der Waals surface area (Å²) < 4.78 is 11.9. The van der Waals surface area contributed by atoms with E-state index in [4.69, 9.17) is 9.15 Å². The van der Waals surface area contributed by atoms with Crippen molar-refractivity contribution in [2.45, 2.75) is 103 Å². The number of esters is 1. The van der Waals surface area contributed by atoms with Crippen LogP contribution in [0.1, 0.15) is 94.6 Å². The molecule has 1 unspecified atom stereocenters. The van der Waals surface area contributed by atoms with Gasteiger partial charge in [-0.05, 0) is 37.8 Å². The predicted molar refractivity (Wildman–Crippen MR) is 125 cm³/mol. The van der Waals surface area contributed by atoms with Crippen molar-refractivity contribution in [2.75, 3.05) is 27.7 Å². The third-order valence-corrected chi connectivity index (χ3v) is 5.55. The molecular weight excluding hydrogens is 406 g/mol. The van der Waals surface area contributed by atoms with E-state index in [2.05, 4.69) is 19.9 Å². The lowest BCUT2D eigenvalue weighted by Crippen LogP contribution is -2.45. The summed E-state index contributed by atoms with van der Waals surface area (Å²) in [5.41, 5.74) is 1.29. The Bertz CT molecular complexity index is 674. The summed E-state index contributed by atoms with van der Waals surface area (Å²) in [7, 11) is 5.83. The number of unbranched alkanes of at least 4 members (excludes halogenated alkanes) is 7. The number of hydrogen-bond acceptors (Lipinski definition) is 5. The fourth-order valence-corrected chi connectivity index (χ4v) is 4.01. The van der Waals surface area contributed by atoms with E-state index >= 15 is 0 Å². The van der Waals surface area contributed by atoms with Gasteiger partial charge in [-0.25, -0.2) is 0 Å². The number of quaternary nitrogens is 1. The molecule has 1 rings (SSSR count). The molecule has 1 heterocycles. The second kappa shape index (κ2) is 15.1. The number of aryl methyl sites for hydroxylation is 3. The van der Waals surface area contributed by atoms with Crippen molar-refractivity contribution in [1.82, 2.24) is 0 Å². The highest BCUT2D eigenvalue weighted by Crippen LogP contribution is 2.19. The number of ether oxygens (including phenoxy) is 1. The minimum atomic E-state index is -1.18. The number of furan rings is 1. The number of carboxylic acid groups (broad SMARTS) is 1. The fraction of sp³-hybridized carbons (Fsp3) is 0.769. The molecule has 0 aliphatic rings. The molecule has 1 atom stereocenters. The largest absolute Gasteiger partial charge is 0.550 e. The molecule has 0 aromatic carbocycles. The summed E-state index contributed by atoms with van der Waals surface area (Å²) in [5.74, 6) is 0.784. The van der Waals surface area contributed by atoms with Crippen LogP contribution < -0.4 is 5.11 Å². The summed E-state index contributed by atoms with van der Waals surface area (Å²) in [6.45, 7) is 4.77. The third-order valence-electron chi connectivity index (χ3n) is 5.55. The maximum Gasteiger partial charge on any atom is 0.306 e. The first-order valence-electron chi connectivity index (χ1n) is 12.4. The van der Waals surface area contributed by atoms with Crippen LogP contribution in [0.25, 0.3) is 0 Å². The van der Waals surface area contributed by atoms with Crippen LogP contribution in [0, 0.1) is 6.92 Å². The van der Waals surface area contributed by atoms with E-state index in [9.17, 15) is 14.7 Å². The molecule has 0 bridgehead atoms. The topological polar surface area (TPSA) is 79.6 Å². The molecule has 6 nitrogen and oxygen atoms in total. The molecule has 0 aliphatic carbocycles. The quantitative estimate of drug-likeness (QED) is 0.188. The average Bonchev–Trinajstić information content (AvgIpc) is 3.00. The summed E-state index contributed by atoms with van der Waals surface area (Å²) in [6.07, 6.45) is 11.6.